The van der Waals surface area contributed by atoms with Crippen molar-refractivity contribution in [3.05, 3.63) is 11.5 Å². The van der Waals surface area contributed by atoms with Crippen LogP contribution in [0.25, 0.3) is 0 Å². The van der Waals surface area contributed by atoms with Gasteiger partial charge in [0.05, 0.1) is 13.8 Å². The lowest BCUT2D eigenvalue weighted by molar-refractivity contribution is -0.143. The summed E-state index contributed by atoms with van der Waals surface area (Å²) >= 11 is 0. The van der Waals surface area contributed by atoms with Gasteiger partial charge in [0.2, 0.25) is 16.6 Å². The van der Waals surface area contributed by atoms with Gasteiger partial charge < -0.3 is 8.85 Å². The van der Waals surface area contributed by atoms with E-state index in [1.807, 2.05) is 33.5 Å². The van der Waals surface area contributed by atoms with E-state index in [0.29, 0.717) is 0 Å². The quantitative estimate of drug-likeness (QED) is 0.501. The minimum absolute atomic E-state index is 0.163. The fourth-order valence-corrected chi connectivity index (χ4v) is 4.68. The summed E-state index contributed by atoms with van der Waals surface area (Å²) in [6, 6.07) is 0. The molecule has 0 saturated heterocycles. The highest BCUT2D eigenvalue weighted by atomic mass is 28.4. The van der Waals surface area contributed by atoms with E-state index in [2.05, 4.69) is 45.0 Å². The maximum Gasteiger partial charge on any atom is 0.305 e. The SMILES string of the molecule is CC(C)(C(=O)O[Si](C)(C)C)C(=C[Si](C)(C)C)O[Si](C)(C)C. The van der Waals surface area contributed by atoms with E-state index in [0.717, 1.165) is 5.76 Å². The highest BCUT2D eigenvalue weighted by Crippen LogP contribution is 2.33. The third-order valence-electron chi connectivity index (χ3n) is 2.51. The number of carbonyl (C=O) groups excluding carboxylic acids is 1. The first-order valence-corrected chi connectivity index (χ1v) is 18.0. The topological polar surface area (TPSA) is 35.5 Å². The van der Waals surface area contributed by atoms with E-state index in [4.69, 9.17) is 8.85 Å². The fraction of sp³-hybridized carbons (Fsp3) is 0.800. The third kappa shape index (κ3) is 8.63. The zero-order valence-corrected chi connectivity index (χ0v) is 18.8. The fourth-order valence-electron chi connectivity index (χ4n) is 1.57. The van der Waals surface area contributed by atoms with Gasteiger partial charge in [0.1, 0.15) is 5.41 Å². The standard InChI is InChI=1S/C15H34O3Si3/c1-15(2,14(16)18-21(9,10)11)13(12-19(3,4)5)17-20(6,7)8/h12H,1-11H3. The van der Waals surface area contributed by atoms with Crippen molar-refractivity contribution in [2.75, 3.05) is 0 Å². The molecular formula is C15H34O3Si3. The molecule has 0 bridgehead atoms. The monoisotopic (exact) mass is 346 g/mol. The lowest BCUT2D eigenvalue weighted by Crippen LogP contribution is -2.41. The summed E-state index contributed by atoms with van der Waals surface area (Å²) in [7, 11) is -5.18. The molecule has 0 atom stereocenters. The molecule has 0 aliphatic rings. The van der Waals surface area contributed by atoms with Gasteiger partial charge in [0.25, 0.3) is 0 Å². The first kappa shape index (κ1) is 20.7. The predicted octanol–water partition coefficient (Wildman–Crippen LogP) is 5.00. The van der Waals surface area contributed by atoms with E-state index >= 15 is 0 Å². The lowest BCUT2D eigenvalue weighted by Gasteiger charge is -2.34. The molecule has 0 radical (unpaired) electrons. The Kier molecular flexibility index (Phi) is 6.31. The Balaban J connectivity index is 5.60. The number of hydrogen-bond acceptors (Lipinski definition) is 3. The van der Waals surface area contributed by atoms with Crippen LogP contribution in [0.1, 0.15) is 13.8 Å². The summed E-state index contributed by atoms with van der Waals surface area (Å²) in [5, 5.41) is 0. The second-order valence-electron chi connectivity index (χ2n) is 9.22. The van der Waals surface area contributed by atoms with E-state index in [9.17, 15) is 4.79 Å². The smallest absolute Gasteiger partial charge is 0.305 e. The molecule has 0 aliphatic heterocycles. The molecule has 0 saturated carbocycles. The second-order valence-corrected chi connectivity index (χ2v) is 23.1. The molecule has 0 heterocycles. The van der Waals surface area contributed by atoms with Gasteiger partial charge in [-0.05, 0) is 53.1 Å². The van der Waals surface area contributed by atoms with Crippen molar-refractivity contribution in [2.24, 2.45) is 5.41 Å². The van der Waals surface area contributed by atoms with Gasteiger partial charge in [0, 0.05) is 0 Å². The van der Waals surface area contributed by atoms with Crippen LogP contribution in [-0.4, -0.2) is 30.7 Å². The van der Waals surface area contributed by atoms with E-state index in [-0.39, 0.29) is 5.97 Å². The Morgan fingerprint density at radius 1 is 0.810 bits per heavy atom. The minimum Gasteiger partial charge on any atom is -0.547 e. The van der Waals surface area contributed by atoms with Crippen molar-refractivity contribution in [3.63, 3.8) is 0 Å². The average molecular weight is 347 g/mol. The maximum atomic E-state index is 12.6. The number of rotatable bonds is 6. The molecule has 0 spiro atoms. The second kappa shape index (κ2) is 6.42. The van der Waals surface area contributed by atoms with Crippen LogP contribution >= 0.6 is 0 Å². The molecule has 0 aromatic heterocycles. The molecular weight excluding hydrogens is 312 g/mol. The summed E-state index contributed by atoms with van der Waals surface area (Å²) in [6.45, 7) is 23.1. The maximum absolute atomic E-state index is 12.6. The molecule has 0 unspecified atom stereocenters. The Morgan fingerprint density at radius 3 is 1.48 bits per heavy atom. The first-order chi connectivity index (χ1) is 8.94. The van der Waals surface area contributed by atoms with E-state index in [1.54, 1.807) is 0 Å². The van der Waals surface area contributed by atoms with Crippen LogP contribution < -0.4 is 0 Å². The van der Waals surface area contributed by atoms with Crippen molar-refractivity contribution in [2.45, 2.75) is 72.8 Å². The Morgan fingerprint density at radius 2 is 1.19 bits per heavy atom. The van der Waals surface area contributed by atoms with Crippen molar-refractivity contribution in [1.82, 2.24) is 0 Å². The van der Waals surface area contributed by atoms with Crippen LogP contribution in [-0.2, 0) is 13.6 Å². The summed E-state index contributed by atoms with van der Waals surface area (Å²) < 4.78 is 12.0. The molecule has 0 rings (SSSR count). The molecule has 124 valence electrons. The molecule has 0 amide bonds. The van der Waals surface area contributed by atoms with Crippen molar-refractivity contribution in [1.29, 1.82) is 0 Å². The predicted molar refractivity (Wildman–Crippen MR) is 99.1 cm³/mol. The Labute approximate surface area is 134 Å². The number of hydrogen-bond donors (Lipinski definition) is 0. The van der Waals surface area contributed by atoms with Crippen molar-refractivity contribution >= 4 is 30.7 Å². The van der Waals surface area contributed by atoms with Gasteiger partial charge in [-0.2, -0.15) is 0 Å². The molecule has 6 heteroatoms. The van der Waals surface area contributed by atoms with Gasteiger partial charge in [-0.3, -0.25) is 4.79 Å². The van der Waals surface area contributed by atoms with Crippen LogP contribution in [0.5, 0.6) is 0 Å². The number of carbonyl (C=O) groups is 1. The third-order valence-corrected chi connectivity index (χ3v) is 5.26. The molecule has 0 fully saturated rings. The summed E-state index contributed by atoms with van der Waals surface area (Å²) in [6.07, 6.45) is 0. The van der Waals surface area contributed by atoms with Gasteiger partial charge in [-0.15, -0.1) is 0 Å². The van der Waals surface area contributed by atoms with Gasteiger partial charge >= 0.3 is 5.97 Å². The largest absolute Gasteiger partial charge is 0.547 e. The van der Waals surface area contributed by atoms with Crippen molar-refractivity contribution < 1.29 is 13.6 Å². The van der Waals surface area contributed by atoms with Crippen molar-refractivity contribution in [3.8, 4) is 0 Å². The molecule has 0 aromatic carbocycles. The zero-order chi connectivity index (χ0) is 17.3. The van der Waals surface area contributed by atoms with E-state index < -0.39 is 30.1 Å². The Bertz CT molecular complexity index is 407. The highest BCUT2D eigenvalue weighted by Gasteiger charge is 2.40. The molecule has 0 N–H and O–H groups in total. The molecule has 0 aliphatic carbocycles. The molecule has 21 heavy (non-hydrogen) atoms. The van der Waals surface area contributed by atoms with Gasteiger partial charge in [-0.1, -0.05) is 25.3 Å². The first-order valence-electron chi connectivity index (χ1n) is 7.60. The highest BCUT2D eigenvalue weighted by molar-refractivity contribution is 6.81. The van der Waals surface area contributed by atoms with Crippen LogP contribution in [0.3, 0.4) is 0 Å². The van der Waals surface area contributed by atoms with Crippen LogP contribution in [0.4, 0.5) is 0 Å². The summed E-state index contributed by atoms with van der Waals surface area (Å²) in [5.74, 6) is 0.647. The Hall–Kier alpha value is -0.339. The van der Waals surface area contributed by atoms with E-state index in [1.165, 1.54) is 0 Å². The summed E-state index contributed by atoms with van der Waals surface area (Å²) in [4.78, 5) is 12.6. The molecule has 3 nitrogen and oxygen atoms in total. The minimum atomic E-state index is -1.90. The van der Waals surface area contributed by atoms with Gasteiger partial charge in [0.15, 0.2) is 0 Å². The van der Waals surface area contributed by atoms with Crippen LogP contribution in [0, 0.1) is 5.41 Å². The van der Waals surface area contributed by atoms with Crippen LogP contribution in [0.15, 0.2) is 11.5 Å². The lowest BCUT2D eigenvalue weighted by atomic mass is 9.92. The molecule has 0 aromatic rings. The normalized spacial score (nSPS) is 14.9. The van der Waals surface area contributed by atoms with Gasteiger partial charge in [-0.25, -0.2) is 0 Å². The zero-order valence-electron chi connectivity index (χ0n) is 15.8. The average Bonchev–Trinajstić information content (AvgIpc) is 2.08. The van der Waals surface area contributed by atoms with Crippen LogP contribution in [0.2, 0.25) is 58.9 Å². The summed E-state index contributed by atoms with van der Waals surface area (Å²) in [5.41, 5.74) is 1.48.